The molecule has 0 saturated carbocycles. The Morgan fingerprint density at radius 1 is 0.654 bits per heavy atom. The standard InChI is InChI=1S/C47H50N2O3/c1-37(2)16-15-17-38(3)30-33-50-34-31-49(32-35-51-36-39-26-28-40(29-27-39)46-48-44-24-13-14-25-45(44)52-46)47(41-18-7-4-8-19-41,42-20-9-5-10-21-42)43-22-11-6-12-23-43/h4-14,16,18-30H,15,17,31-36H2,1-3H3. The van der Waals surface area contributed by atoms with Crippen LogP contribution in [0.2, 0.25) is 0 Å². The van der Waals surface area contributed by atoms with Crippen molar-refractivity contribution in [3.05, 3.63) is 185 Å². The number of oxazole rings is 1. The van der Waals surface area contributed by atoms with Crippen molar-refractivity contribution in [2.75, 3.05) is 32.9 Å². The fourth-order valence-electron chi connectivity index (χ4n) is 6.79. The van der Waals surface area contributed by atoms with Gasteiger partial charge in [-0.1, -0.05) is 139 Å². The lowest BCUT2D eigenvalue weighted by atomic mass is 9.75. The minimum Gasteiger partial charge on any atom is -0.436 e. The second kappa shape index (κ2) is 18.4. The highest BCUT2D eigenvalue weighted by atomic mass is 16.5. The van der Waals surface area contributed by atoms with Gasteiger partial charge >= 0.3 is 0 Å². The number of rotatable bonds is 18. The molecular formula is C47H50N2O3. The van der Waals surface area contributed by atoms with E-state index < -0.39 is 5.54 Å². The van der Waals surface area contributed by atoms with Crippen LogP contribution in [-0.2, 0) is 21.6 Å². The Hall–Kier alpha value is -5.07. The van der Waals surface area contributed by atoms with Gasteiger partial charge in [-0.15, -0.1) is 0 Å². The molecule has 1 aromatic heterocycles. The molecule has 0 aliphatic heterocycles. The molecule has 0 radical (unpaired) electrons. The summed E-state index contributed by atoms with van der Waals surface area (Å²) in [6.07, 6.45) is 6.63. The first kappa shape index (κ1) is 36.7. The molecular weight excluding hydrogens is 641 g/mol. The molecule has 5 aromatic carbocycles. The van der Waals surface area contributed by atoms with Crippen molar-refractivity contribution in [1.82, 2.24) is 9.88 Å². The maximum atomic E-state index is 6.42. The molecule has 0 aliphatic carbocycles. The summed E-state index contributed by atoms with van der Waals surface area (Å²) in [7, 11) is 0. The van der Waals surface area contributed by atoms with E-state index >= 15 is 0 Å². The van der Waals surface area contributed by atoms with Crippen LogP contribution >= 0.6 is 0 Å². The second-order valence-electron chi connectivity index (χ2n) is 13.5. The molecule has 0 spiro atoms. The van der Waals surface area contributed by atoms with E-state index in [9.17, 15) is 0 Å². The van der Waals surface area contributed by atoms with Crippen molar-refractivity contribution in [3.8, 4) is 11.5 Å². The highest BCUT2D eigenvalue weighted by Gasteiger charge is 2.41. The molecule has 5 nitrogen and oxygen atoms in total. The first-order valence-electron chi connectivity index (χ1n) is 18.3. The van der Waals surface area contributed by atoms with Gasteiger partial charge < -0.3 is 13.9 Å². The van der Waals surface area contributed by atoms with Crippen LogP contribution in [-0.4, -0.2) is 42.8 Å². The minimum absolute atomic E-state index is 0.504. The molecule has 0 bridgehead atoms. The Kier molecular flexibility index (Phi) is 13.0. The van der Waals surface area contributed by atoms with Crippen LogP contribution in [0.5, 0.6) is 0 Å². The number of allylic oxidation sites excluding steroid dienone is 3. The molecule has 0 unspecified atom stereocenters. The maximum Gasteiger partial charge on any atom is 0.227 e. The smallest absolute Gasteiger partial charge is 0.227 e. The Morgan fingerprint density at radius 2 is 1.21 bits per heavy atom. The Bertz CT molecular complexity index is 1880. The average Bonchev–Trinajstić information content (AvgIpc) is 3.62. The van der Waals surface area contributed by atoms with Gasteiger partial charge in [-0.3, -0.25) is 4.90 Å². The molecule has 0 atom stereocenters. The average molecular weight is 691 g/mol. The van der Waals surface area contributed by atoms with Gasteiger partial charge in [0.1, 0.15) is 5.52 Å². The first-order chi connectivity index (χ1) is 25.5. The highest BCUT2D eigenvalue weighted by Crippen LogP contribution is 2.42. The van der Waals surface area contributed by atoms with E-state index in [-0.39, 0.29) is 0 Å². The molecule has 6 aromatic rings. The summed E-state index contributed by atoms with van der Waals surface area (Å²) in [5.74, 6) is 0.625. The van der Waals surface area contributed by atoms with Gasteiger partial charge in [0.25, 0.3) is 0 Å². The van der Waals surface area contributed by atoms with Crippen molar-refractivity contribution in [3.63, 3.8) is 0 Å². The third-order valence-electron chi connectivity index (χ3n) is 9.46. The van der Waals surface area contributed by atoms with E-state index in [1.54, 1.807) is 0 Å². The minimum atomic E-state index is -0.562. The fourth-order valence-corrected chi connectivity index (χ4v) is 6.79. The fraction of sp³-hybridized carbons (Fsp3) is 0.255. The third kappa shape index (κ3) is 9.23. The third-order valence-corrected chi connectivity index (χ3v) is 9.46. The number of nitrogens with zero attached hydrogens (tertiary/aromatic N) is 2. The van der Waals surface area contributed by atoms with E-state index in [0.717, 1.165) is 35.1 Å². The largest absolute Gasteiger partial charge is 0.436 e. The van der Waals surface area contributed by atoms with E-state index in [1.807, 2.05) is 24.3 Å². The molecule has 0 aliphatic rings. The number of hydrogen-bond acceptors (Lipinski definition) is 5. The van der Waals surface area contributed by atoms with Gasteiger partial charge in [0, 0.05) is 18.7 Å². The van der Waals surface area contributed by atoms with Crippen molar-refractivity contribution in [2.45, 2.75) is 45.8 Å². The van der Waals surface area contributed by atoms with E-state index in [1.165, 1.54) is 27.8 Å². The number of aromatic nitrogens is 1. The molecule has 6 rings (SSSR count). The number of benzene rings is 5. The van der Waals surface area contributed by atoms with Crippen LogP contribution < -0.4 is 0 Å². The van der Waals surface area contributed by atoms with Crippen LogP contribution in [0.4, 0.5) is 0 Å². The second-order valence-corrected chi connectivity index (χ2v) is 13.5. The summed E-state index contributed by atoms with van der Waals surface area (Å²) in [4.78, 5) is 7.18. The SMILES string of the molecule is CC(C)=CCCC(C)=CCOCCN(CCOCc1ccc(-c2nc3ccccc3o2)cc1)C(c1ccccc1)(c1ccccc1)c1ccccc1. The summed E-state index contributed by atoms with van der Waals surface area (Å²) in [5.41, 5.74) is 9.47. The predicted octanol–water partition coefficient (Wildman–Crippen LogP) is 11.0. The molecule has 0 amide bonds. The number of fused-ring (bicyclic) bond motifs is 1. The monoisotopic (exact) mass is 690 g/mol. The highest BCUT2D eigenvalue weighted by molar-refractivity contribution is 5.76. The van der Waals surface area contributed by atoms with Gasteiger partial charge in [-0.2, -0.15) is 0 Å². The predicted molar refractivity (Wildman–Crippen MR) is 213 cm³/mol. The lowest BCUT2D eigenvalue weighted by Crippen LogP contribution is -2.50. The Balaban J connectivity index is 1.21. The van der Waals surface area contributed by atoms with Gasteiger partial charge in [0.15, 0.2) is 5.58 Å². The quantitative estimate of drug-likeness (QED) is 0.0510. The van der Waals surface area contributed by atoms with Gasteiger partial charge in [0.2, 0.25) is 5.89 Å². The number of ether oxygens (including phenoxy) is 2. The summed E-state index contributed by atoms with van der Waals surface area (Å²) in [6, 6.07) is 48.6. The summed E-state index contributed by atoms with van der Waals surface area (Å²) in [5, 5.41) is 0. The van der Waals surface area contributed by atoms with Crippen molar-refractivity contribution in [1.29, 1.82) is 0 Å². The zero-order chi connectivity index (χ0) is 36.0. The van der Waals surface area contributed by atoms with Gasteiger partial charge in [-0.25, -0.2) is 4.98 Å². The molecule has 0 fully saturated rings. The maximum absolute atomic E-state index is 6.42. The number of hydrogen-bond donors (Lipinski definition) is 0. The van der Waals surface area contributed by atoms with Crippen molar-refractivity contribution < 1.29 is 13.9 Å². The molecule has 5 heteroatoms. The van der Waals surface area contributed by atoms with Gasteiger partial charge in [0.05, 0.1) is 32.0 Å². The Morgan fingerprint density at radius 3 is 1.79 bits per heavy atom. The molecule has 0 N–H and O–H groups in total. The Labute approximate surface area is 309 Å². The van der Waals surface area contributed by atoms with E-state index in [2.05, 4.69) is 158 Å². The van der Waals surface area contributed by atoms with Gasteiger partial charge in [-0.05, 0) is 80.1 Å². The van der Waals surface area contributed by atoms with Crippen LogP contribution in [0.15, 0.2) is 167 Å². The molecule has 266 valence electrons. The van der Waals surface area contributed by atoms with Crippen molar-refractivity contribution in [2.24, 2.45) is 0 Å². The van der Waals surface area contributed by atoms with Crippen molar-refractivity contribution >= 4 is 11.1 Å². The zero-order valence-corrected chi connectivity index (χ0v) is 30.7. The summed E-state index contributed by atoms with van der Waals surface area (Å²) < 4.78 is 18.7. The van der Waals surface area contributed by atoms with E-state index in [0.29, 0.717) is 45.4 Å². The van der Waals surface area contributed by atoms with Crippen LogP contribution in [0.3, 0.4) is 0 Å². The van der Waals surface area contributed by atoms with Crippen LogP contribution in [0.1, 0.15) is 55.9 Å². The normalized spacial score (nSPS) is 12.0. The summed E-state index contributed by atoms with van der Waals surface area (Å²) >= 11 is 0. The summed E-state index contributed by atoms with van der Waals surface area (Å²) in [6.45, 7) is 10.1. The molecule has 1 heterocycles. The topological polar surface area (TPSA) is 47.7 Å². The van der Waals surface area contributed by atoms with Crippen LogP contribution in [0.25, 0.3) is 22.6 Å². The molecule has 52 heavy (non-hydrogen) atoms. The lowest BCUT2D eigenvalue weighted by molar-refractivity contribution is 0.0429. The zero-order valence-electron chi connectivity index (χ0n) is 30.7. The van der Waals surface area contributed by atoms with E-state index in [4.69, 9.17) is 13.9 Å². The lowest BCUT2D eigenvalue weighted by Gasteiger charge is -2.45. The number of para-hydroxylation sites is 2. The molecule has 0 saturated heterocycles. The van der Waals surface area contributed by atoms with Crippen LogP contribution in [0, 0.1) is 0 Å². The first-order valence-corrected chi connectivity index (χ1v) is 18.3.